The van der Waals surface area contributed by atoms with Crippen molar-refractivity contribution in [3.05, 3.63) is 48.5 Å². The Labute approximate surface area is 104 Å². The summed E-state index contributed by atoms with van der Waals surface area (Å²) in [6.45, 7) is 3.19. The minimum atomic E-state index is -1.42. The quantitative estimate of drug-likeness (QED) is 0.529. The van der Waals surface area contributed by atoms with Gasteiger partial charge >= 0.3 is 104 Å². The molecule has 0 aromatic heterocycles. The van der Waals surface area contributed by atoms with Crippen LogP contribution in [0.3, 0.4) is 0 Å². The molecule has 0 fully saturated rings. The number of hydrogen-bond acceptors (Lipinski definition) is 0. The summed E-state index contributed by atoms with van der Waals surface area (Å²) in [4.78, 5) is 0. The molecule has 1 aliphatic rings. The van der Waals surface area contributed by atoms with Gasteiger partial charge in [0.15, 0.2) is 0 Å². The fraction of sp³-hybridized carbons (Fsp3) is 0.200. The molecule has 2 aromatic rings. The van der Waals surface area contributed by atoms with Crippen LogP contribution < -0.4 is 10.6 Å². The van der Waals surface area contributed by atoms with Crippen LogP contribution >= 0.6 is 6.75 Å². The summed E-state index contributed by atoms with van der Waals surface area (Å²) in [6, 6.07) is 17.6. The predicted molar refractivity (Wildman–Crippen MR) is 80.4 cm³/mol. The van der Waals surface area contributed by atoms with E-state index in [1.165, 1.54) is 21.7 Å². The van der Waals surface area contributed by atoms with Crippen molar-refractivity contribution in [2.45, 2.75) is 19.5 Å². The van der Waals surface area contributed by atoms with Crippen molar-refractivity contribution in [1.29, 1.82) is 0 Å². The first kappa shape index (κ1) is 11.0. The second-order valence-electron chi connectivity index (χ2n) is 5.00. The summed E-state index contributed by atoms with van der Waals surface area (Å²) >= 11 is 0. The van der Waals surface area contributed by atoms with E-state index in [4.69, 9.17) is 0 Å². The van der Waals surface area contributed by atoms with Crippen molar-refractivity contribution < 1.29 is 0 Å². The normalized spacial score (nSPS) is 15.6. The van der Waals surface area contributed by atoms with Gasteiger partial charge in [-0.2, -0.15) is 0 Å². The van der Waals surface area contributed by atoms with Gasteiger partial charge in [0, 0.05) is 0 Å². The van der Waals surface area contributed by atoms with Gasteiger partial charge in [-0.05, 0) is 0 Å². The first-order chi connectivity index (χ1) is 8.15. The van der Waals surface area contributed by atoms with Crippen LogP contribution in [0.2, 0.25) is 0 Å². The van der Waals surface area contributed by atoms with Crippen molar-refractivity contribution in [2.75, 3.05) is 0 Å². The Morgan fingerprint density at radius 3 is 1.65 bits per heavy atom. The molecule has 0 bridgehead atoms. The van der Waals surface area contributed by atoms with Gasteiger partial charge in [0.05, 0.1) is 0 Å². The zero-order valence-corrected chi connectivity index (χ0v) is 11.2. The van der Waals surface area contributed by atoms with E-state index in [1.54, 1.807) is 0 Å². The molecule has 0 radical (unpaired) electrons. The second-order valence-corrected chi connectivity index (χ2v) is 8.73. The third kappa shape index (κ3) is 1.36. The molecule has 0 saturated carbocycles. The Balaban J connectivity index is 2.44. The van der Waals surface area contributed by atoms with Gasteiger partial charge in [-0.1, -0.05) is 0 Å². The number of hydrogen-bond donors (Lipinski definition) is 0. The van der Waals surface area contributed by atoms with E-state index in [1.807, 2.05) is 0 Å². The number of benzene rings is 2. The average Bonchev–Trinajstić information content (AvgIpc) is 2.63. The van der Waals surface area contributed by atoms with Crippen molar-refractivity contribution in [2.24, 2.45) is 0 Å². The molecule has 84 valence electrons. The van der Waals surface area contributed by atoms with Gasteiger partial charge in [0.25, 0.3) is 0 Å². The van der Waals surface area contributed by atoms with Crippen LogP contribution in [0.25, 0.3) is 11.1 Å². The summed E-state index contributed by atoms with van der Waals surface area (Å²) in [5, 5.41) is 2.97. The van der Waals surface area contributed by atoms with Crippen LogP contribution in [-0.2, 0) is 0 Å². The molecular weight excluding hydrogens is 222 g/mol. The van der Waals surface area contributed by atoms with Crippen LogP contribution in [0.5, 0.6) is 0 Å². The summed E-state index contributed by atoms with van der Waals surface area (Å²) in [7, 11) is 4.66. The zero-order chi connectivity index (χ0) is 12.0. The van der Waals surface area contributed by atoms with Crippen molar-refractivity contribution in [1.82, 2.24) is 0 Å². The molecule has 0 spiro atoms. The Bertz CT molecular complexity index is 579. The van der Waals surface area contributed by atoms with Gasteiger partial charge in [0.2, 0.25) is 0 Å². The molecule has 1 aliphatic heterocycles. The van der Waals surface area contributed by atoms with E-state index in [2.05, 4.69) is 69.6 Å². The molecule has 0 saturated heterocycles. The molecule has 0 amide bonds. The summed E-state index contributed by atoms with van der Waals surface area (Å²) < 4.78 is 0. The molecule has 0 unspecified atom stereocenters. The van der Waals surface area contributed by atoms with Gasteiger partial charge in [-0.3, -0.25) is 0 Å². The fourth-order valence-corrected chi connectivity index (χ4v) is 6.11. The molecule has 0 N–H and O–H groups in total. The van der Waals surface area contributed by atoms with E-state index in [-0.39, 0.29) is 0 Å². The molecule has 1 heterocycles. The molecule has 2 aromatic carbocycles. The Kier molecular flexibility index (Phi) is 2.42. The Morgan fingerprint density at radius 2 is 1.24 bits per heavy atom. The fourth-order valence-electron chi connectivity index (χ4n) is 2.78. The van der Waals surface area contributed by atoms with E-state index < -0.39 is 6.75 Å². The number of fused-ring (bicyclic) bond motifs is 3. The summed E-state index contributed by atoms with van der Waals surface area (Å²) in [6.07, 6.45) is 0. The summed E-state index contributed by atoms with van der Waals surface area (Å²) in [5.74, 6) is 0. The van der Waals surface area contributed by atoms with Crippen LogP contribution in [-0.4, -0.2) is 12.8 Å². The van der Waals surface area contributed by atoms with E-state index >= 15 is 0 Å². The summed E-state index contributed by atoms with van der Waals surface area (Å²) in [5.41, 5.74) is 3.41. The van der Waals surface area contributed by atoms with Crippen molar-refractivity contribution in [3.8, 4) is 11.1 Å². The molecule has 2 heteroatoms. The van der Waals surface area contributed by atoms with Crippen LogP contribution in [0.4, 0.5) is 0 Å². The molecule has 0 nitrogen and oxygen atoms in total. The maximum absolute atomic E-state index is 4.66. The maximum atomic E-state index is 4.66. The van der Waals surface area contributed by atoms with E-state index in [0.29, 0.717) is 5.66 Å². The van der Waals surface area contributed by atoms with E-state index in [9.17, 15) is 0 Å². The second kappa shape index (κ2) is 3.72. The molecular formula is C15H16BP. The van der Waals surface area contributed by atoms with Gasteiger partial charge in [-0.15, -0.1) is 0 Å². The monoisotopic (exact) mass is 238 g/mol. The first-order valence-corrected chi connectivity index (χ1v) is 8.12. The van der Waals surface area contributed by atoms with E-state index in [0.717, 1.165) is 0 Å². The molecule has 3 rings (SSSR count). The molecule has 0 atom stereocenters. The third-order valence-electron chi connectivity index (χ3n) is 3.84. The zero-order valence-electron chi connectivity index (χ0n) is 10.4. The average molecular weight is 238 g/mol. The van der Waals surface area contributed by atoms with Crippen LogP contribution in [0.1, 0.15) is 13.8 Å². The topological polar surface area (TPSA) is 0 Å². The Morgan fingerprint density at radius 1 is 0.824 bits per heavy atom. The van der Waals surface area contributed by atoms with Crippen LogP contribution in [0, 0.1) is 0 Å². The SMILES string of the molecule is B=P1(C(C)C)c2ccccc2-c2ccccc21. The molecule has 17 heavy (non-hydrogen) atoms. The van der Waals surface area contributed by atoms with Gasteiger partial charge in [0.1, 0.15) is 0 Å². The minimum absolute atomic E-state index is 0.604. The molecule has 0 aliphatic carbocycles. The number of rotatable bonds is 1. The van der Waals surface area contributed by atoms with Gasteiger partial charge in [-0.25, -0.2) is 0 Å². The van der Waals surface area contributed by atoms with Crippen molar-refractivity contribution >= 4 is 24.5 Å². The van der Waals surface area contributed by atoms with Gasteiger partial charge < -0.3 is 0 Å². The Hall–Kier alpha value is -1.07. The standard InChI is InChI=1S/C15H16BP/c1-11(2)17(16)14-9-5-3-7-12(14)13-8-4-6-10-15(13)17/h3-11,16H,1-2H3. The third-order valence-corrected chi connectivity index (χ3v) is 8.10. The predicted octanol–water partition coefficient (Wildman–Crippen LogP) is 2.86. The first-order valence-electron chi connectivity index (χ1n) is 6.08. The van der Waals surface area contributed by atoms with Crippen molar-refractivity contribution in [3.63, 3.8) is 0 Å². The van der Waals surface area contributed by atoms with Crippen LogP contribution in [0.15, 0.2) is 48.5 Å².